The number of aliphatic hydroxyl groups is 1. The van der Waals surface area contributed by atoms with E-state index in [1.54, 1.807) is 68.1 Å². The Morgan fingerprint density at radius 2 is 1.40 bits per heavy atom. The number of nitrogens with zero attached hydrogens (tertiary/aromatic N) is 2. The molecule has 0 bridgehead atoms. The molecule has 332 valence electrons. The highest BCUT2D eigenvalue weighted by Gasteiger charge is 2.36. The first-order valence-electron chi connectivity index (χ1n) is 20.6. The van der Waals surface area contributed by atoms with Crippen LogP contribution in [0.5, 0.6) is 11.5 Å². The second kappa shape index (κ2) is 21.7. The molecule has 0 aliphatic carbocycles. The summed E-state index contributed by atoms with van der Waals surface area (Å²) in [7, 11) is 1.37. The van der Waals surface area contributed by atoms with Crippen LogP contribution in [0.2, 0.25) is 0 Å². The average molecular weight is 861 g/mol. The van der Waals surface area contributed by atoms with Gasteiger partial charge in [-0.3, -0.25) is 14.9 Å². The molecule has 1 aliphatic heterocycles. The van der Waals surface area contributed by atoms with Gasteiger partial charge in [-0.15, -0.1) is 0 Å². The lowest BCUT2D eigenvalue weighted by Gasteiger charge is -2.35. The van der Waals surface area contributed by atoms with Crippen LogP contribution >= 0.6 is 0 Å². The highest BCUT2D eigenvalue weighted by atomic mass is 19.4. The lowest BCUT2D eigenvalue weighted by Crippen LogP contribution is -2.57. The summed E-state index contributed by atoms with van der Waals surface area (Å²) in [5, 5.41) is 15.9. The maximum Gasteiger partial charge on any atom is 0.408 e. The topological polar surface area (TPSA) is 147 Å². The molecule has 0 saturated carbocycles. The number of carbonyl (C=O) groups excluding carboxylic acids is 4. The molecule has 62 heavy (non-hydrogen) atoms. The highest BCUT2D eigenvalue weighted by molar-refractivity contribution is 5.86. The third kappa shape index (κ3) is 14.9. The molecule has 1 saturated heterocycles. The fraction of sp³-hybridized carbons (Fsp3) is 0.404. The lowest BCUT2D eigenvalue weighted by molar-refractivity contribution is -0.154. The third-order valence-corrected chi connectivity index (χ3v) is 10.2. The summed E-state index contributed by atoms with van der Waals surface area (Å²) >= 11 is 0. The Balaban J connectivity index is 1.33. The van der Waals surface area contributed by atoms with Gasteiger partial charge in [0.1, 0.15) is 42.0 Å². The first-order valence-corrected chi connectivity index (χ1v) is 20.6. The van der Waals surface area contributed by atoms with Gasteiger partial charge in [-0.2, -0.15) is 13.2 Å². The van der Waals surface area contributed by atoms with Crippen LogP contribution in [0.25, 0.3) is 0 Å². The van der Waals surface area contributed by atoms with Crippen molar-refractivity contribution >= 4 is 23.9 Å². The molecule has 5 rings (SSSR count). The van der Waals surface area contributed by atoms with Crippen molar-refractivity contribution in [3.63, 3.8) is 0 Å². The summed E-state index contributed by atoms with van der Waals surface area (Å²) in [6, 6.07) is 29.0. The Morgan fingerprint density at radius 3 is 1.97 bits per heavy atom. The van der Waals surface area contributed by atoms with Crippen LogP contribution in [0, 0.1) is 0 Å². The number of halogens is 3. The number of carbonyl (C=O) groups is 4. The Hall–Kier alpha value is -5.93. The zero-order chi connectivity index (χ0) is 44.9. The van der Waals surface area contributed by atoms with Crippen molar-refractivity contribution < 1.29 is 51.7 Å². The number of hydrogen-bond acceptors (Lipinski definition) is 9. The van der Waals surface area contributed by atoms with Crippen LogP contribution in [0.15, 0.2) is 109 Å². The van der Waals surface area contributed by atoms with Gasteiger partial charge >= 0.3 is 18.2 Å². The predicted octanol–water partition coefficient (Wildman–Crippen LogP) is 7.12. The Morgan fingerprint density at radius 1 is 0.823 bits per heavy atom. The number of benzene rings is 4. The van der Waals surface area contributed by atoms with E-state index in [1.165, 1.54) is 7.05 Å². The maximum absolute atomic E-state index is 14.2. The highest BCUT2D eigenvalue weighted by Crippen LogP contribution is 2.27. The van der Waals surface area contributed by atoms with Gasteiger partial charge in [-0.05, 0) is 93.0 Å². The zero-order valence-corrected chi connectivity index (χ0v) is 35.4. The molecule has 0 radical (unpaired) electrons. The van der Waals surface area contributed by atoms with E-state index in [2.05, 4.69) is 10.6 Å². The molecule has 4 aromatic rings. The number of likely N-dealkylation sites (tertiary alicyclic amines) is 1. The number of amides is 3. The maximum atomic E-state index is 14.2. The van der Waals surface area contributed by atoms with E-state index in [-0.39, 0.29) is 31.8 Å². The molecule has 3 N–H and O–H groups in total. The summed E-state index contributed by atoms with van der Waals surface area (Å²) in [4.78, 5) is 56.0. The number of likely N-dealkylation sites (N-methyl/N-ethyl adjacent to an activating group) is 1. The number of aryl methyl sites for hydroxylation is 1. The number of alkyl carbamates (subject to hydrolysis) is 1. The molecule has 1 aliphatic rings. The Kier molecular flexibility index (Phi) is 16.5. The fourth-order valence-electron chi connectivity index (χ4n) is 7.11. The number of hydrogen-bond donors (Lipinski definition) is 3. The molecule has 0 aromatic heterocycles. The lowest BCUT2D eigenvalue weighted by atomic mass is 10.00. The number of rotatable bonds is 19. The third-order valence-electron chi connectivity index (χ3n) is 10.2. The van der Waals surface area contributed by atoms with Gasteiger partial charge in [0.2, 0.25) is 11.8 Å². The smallest absolute Gasteiger partial charge is 0.408 e. The summed E-state index contributed by atoms with van der Waals surface area (Å²) in [5.41, 5.74) is 2.07. The molecule has 4 aromatic carbocycles. The van der Waals surface area contributed by atoms with Gasteiger partial charge in [0, 0.05) is 26.4 Å². The van der Waals surface area contributed by atoms with Crippen LogP contribution in [-0.2, 0) is 49.7 Å². The molecule has 0 spiro atoms. The molecular formula is C47H55F3N4O8. The van der Waals surface area contributed by atoms with E-state index in [4.69, 9.17) is 14.2 Å². The van der Waals surface area contributed by atoms with E-state index in [0.29, 0.717) is 48.4 Å². The molecule has 3 amide bonds. The molecule has 1 unspecified atom stereocenters. The standard InChI is InChI=1S/C47H55F3N4O8/c1-46(2,3)62-45(59)52-38(24-23-32-14-7-5-8-15-32)43(57)53(4)39(42(56)51-31-47(48,49)50)28-34-18-11-20-36(26-34)61-37-21-12-19-35(27-37)29-40(54-25-13-22-41(54)55)44(58)60-30-33-16-9-6-10-17-33/h5-12,14-21,26-27,38-40,42,51,56H,13,22-25,28-31H2,1-4H3,(H,52,59)/t38-,39-,40-,42?/m0/s1. The van der Waals surface area contributed by atoms with Crippen molar-refractivity contribution in [2.24, 2.45) is 0 Å². The van der Waals surface area contributed by atoms with E-state index in [0.717, 1.165) is 16.0 Å². The quantitative estimate of drug-likeness (QED) is 0.0663. The van der Waals surface area contributed by atoms with Crippen LogP contribution in [-0.4, -0.2) is 95.1 Å². The van der Waals surface area contributed by atoms with Crippen LogP contribution in [0.3, 0.4) is 0 Å². The minimum absolute atomic E-state index is 0.0652. The normalized spacial score (nSPS) is 15.0. The predicted molar refractivity (Wildman–Crippen MR) is 226 cm³/mol. The van der Waals surface area contributed by atoms with Crippen molar-refractivity contribution in [1.29, 1.82) is 0 Å². The van der Waals surface area contributed by atoms with Crippen molar-refractivity contribution in [2.75, 3.05) is 20.1 Å². The molecule has 1 fully saturated rings. The molecular weight excluding hydrogens is 806 g/mol. The van der Waals surface area contributed by atoms with Gasteiger partial charge in [0.15, 0.2) is 0 Å². The largest absolute Gasteiger partial charge is 0.459 e. The zero-order valence-electron chi connectivity index (χ0n) is 35.4. The number of alkyl halides is 3. The van der Waals surface area contributed by atoms with Crippen molar-refractivity contribution in [3.8, 4) is 11.5 Å². The SMILES string of the molecule is CN(C(=O)[C@H](CCc1ccccc1)NC(=O)OC(C)(C)C)[C@@H](Cc1cccc(Oc2cccc(C[C@@H](C(=O)OCc3ccccc3)N3CCCC3=O)c2)c1)C(O)NCC(F)(F)F. The average Bonchev–Trinajstić information content (AvgIpc) is 3.66. The van der Waals surface area contributed by atoms with Gasteiger partial charge < -0.3 is 34.4 Å². The minimum atomic E-state index is -4.65. The van der Waals surface area contributed by atoms with Gasteiger partial charge in [0.25, 0.3) is 0 Å². The van der Waals surface area contributed by atoms with Crippen molar-refractivity contribution in [3.05, 3.63) is 131 Å². The molecule has 4 atom stereocenters. The summed E-state index contributed by atoms with van der Waals surface area (Å²) in [6.45, 7) is 4.01. The molecule has 15 heteroatoms. The number of nitrogens with one attached hydrogen (secondary N) is 2. The fourth-order valence-corrected chi connectivity index (χ4v) is 7.11. The van der Waals surface area contributed by atoms with Crippen LogP contribution < -0.4 is 15.4 Å². The Labute approximate surface area is 360 Å². The second-order valence-corrected chi connectivity index (χ2v) is 16.3. The number of ether oxygens (including phenoxy) is 3. The molecule has 1 heterocycles. The second-order valence-electron chi connectivity index (χ2n) is 16.3. The van der Waals surface area contributed by atoms with Gasteiger partial charge in [-0.1, -0.05) is 84.9 Å². The number of aliphatic hydroxyl groups excluding tert-OH is 1. The summed E-state index contributed by atoms with van der Waals surface area (Å²) in [5.74, 6) is -0.523. The molecule has 12 nitrogen and oxygen atoms in total. The van der Waals surface area contributed by atoms with Gasteiger partial charge in [0.05, 0.1) is 12.6 Å². The van der Waals surface area contributed by atoms with Crippen LogP contribution in [0.4, 0.5) is 18.0 Å². The van der Waals surface area contributed by atoms with Crippen LogP contribution in [0.1, 0.15) is 62.3 Å². The van der Waals surface area contributed by atoms with E-state index < -0.39 is 60.6 Å². The summed E-state index contributed by atoms with van der Waals surface area (Å²) in [6.07, 6.45) is -5.76. The van der Waals surface area contributed by atoms with Crippen molar-refractivity contribution in [1.82, 2.24) is 20.4 Å². The van der Waals surface area contributed by atoms with E-state index in [9.17, 15) is 37.5 Å². The monoisotopic (exact) mass is 860 g/mol. The minimum Gasteiger partial charge on any atom is -0.459 e. The summed E-state index contributed by atoms with van der Waals surface area (Å²) < 4.78 is 57.4. The van der Waals surface area contributed by atoms with E-state index in [1.807, 2.05) is 66.7 Å². The number of esters is 1. The first-order chi connectivity index (χ1) is 29.4. The van der Waals surface area contributed by atoms with Gasteiger partial charge in [-0.25, -0.2) is 9.59 Å². The Bertz CT molecular complexity index is 2100. The van der Waals surface area contributed by atoms with E-state index >= 15 is 0 Å². The van der Waals surface area contributed by atoms with Crippen molar-refractivity contribution in [2.45, 2.75) is 102 Å². The first kappa shape index (κ1) is 47.1.